The third-order valence-electron chi connectivity index (χ3n) is 4.97. The number of amides is 2. The Kier molecular flexibility index (Phi) is 9.16. The second kappa shape index (κ2) is 12.3. The number of anilines is 1. The molecule has 1 aromatic heterocycles. The van der Waals surface area contributed by atoms with Gasteiger partial charge in [-0.3, -0.25) is 9.00 Å². The number of methoxy groups -OCH3 is 1. The Morgan fingerprint density at radius 2 is 2.00 bits per heavy atom. The van der Waals surface area contributed by atoms with Crippen LogP contribution in [0.4, 0.5) is 10.5 Å². The van der Waals surface area contributed by atoms with Gasteiger partial charge in [0.25, 0.3) is 0 Å². The Hall–Kier alpha value is -3.02. The molecule has 0 fully saturated rings. The zero-order valence-electron chi connectivity index (χ0n) is 18.0. The first kappa shape index (κ1) is 24.6. The molecule has 1 heterocycles. The van der Waals surface area contributed by atoms with Crippen molar-refractivity contribution in [2.24, 2.45) is 0 Å². The van der Waals surface area contributed by atoms with Crippen molar-refractivity contribution in [3.8, 4) is 0 Å². The summed E-state index contributed by atoms with van der Waals surface area (Å²) < 4.78 is 28.6. The summed E-state index contributed by atoms with van der Waals surface area (Å²) in [6, 6.07) is 5.62. The molecule has 0 spiro atoms. The van der Waals surface area contributed by atoms with E-state index >= 15 is 0 Å². The first-order chi connectivity index (χ1) is 15.9. The van der Waals surface area contributed by atoms with Crippen LogP contribution in [0.15, 0.2) is 59.6 Å². The van der Waals surface area contributed by atoms with Crippen LogP contribution < -0.4 is 15.4 Å². The SMILES string of the molecule is COC(=O)N[C@@H](CC1=CCCC=C1)C(=O)N[C@@H](Cc1ccc(NS(=O)[O-])cc1)c1nccs1. The van der Waals surface area contributed by atoms with E-state index in [2.05, 4.69) is 26.4 Å². The lowest BCUT2D eigenvalue weighted by atomic mass is 9.99. The third-order valence-corrected chi connectivity index (χ3v) is 6.26. The van der Waals surface area contributed by atoms with Crippen LogP contribution >= 0.6 is 11.3 Å². The van der Waals surface area contributed by atoms with Crippen molar-refractivity contribution in [2.75, 3.05) is 11.8 Å². The second-order valence-corrected chi connectivity index (χ2v) is 8.92. The Labute approximate surface area is 198 Å². The molecule has 0 saturated carbocycles. The molecule has 2 aromatic rings. The van der Waals surface area contributed by atoms with Crippen LogP contribution in [0.1, 0.15) is 35.9 Å². The van der Waals surface area contributed by atoms with Crippen molar-refractivity contribution in [1.29, 1.82) is 0 Å². The zero-order chi connectivity index (χ0) is 23.6. The van der Waals surface area contributed by atoms with Crippen molar-refractivity contribution in [3.63, 3.8) is 0 Å². The van der Waals surface area contributed by atoms with Crippen LogP contribution in [0.5, 0.6) is 0 Å². The van der Waals surface area contributed by atoms with E-state index in [4.69, 9.17) is 4.74 Å². The molecule has 176 valence electrons. The molecule has 3 atom stereocenters. The van der Waals surface area contributed by atoms with Gasteiger partial charge in [-0.2, -0.15) is 0 Å². The number of alkyl carbamates (subject to hydrolysis) is 1. The number of nitrogens with one attached hydrogen (secondary N) is 3. The summed E-state index contributed by atoms with van der Waals surface area (Å²) in [7, 11) is 1.25. The van der Waals surface area contributed by atoms with Crippen LogP contribution in [0, 0.1) is 0 Å². The molecule has 3 N–H and O–H groups in total. The maximum absolute atomic E-state index is 13.2. The standard InChI is InChI=1S/C22H26N4O5S2/c1-31-22(28)25-18(13-15-5-3-2-4-6-15)20(27)24-19(21-23-11-12-32-21)14-16-7-9-17(10-8-16)26-33(29)30/h3,5-12,18-19,26H,2,4,13-14H2,1H3,(H,24,27)(H,25,28)(H,29,30)/p-1/t18-,19-/m0/s1. The van der Waals surface area contributed by atoms with Crippen LogP contribution in [-0.2, 0) is 27.2 Å². The molecule has 9 nitrogen and oxygen atoms in total. The average molecular weight is 490 g/mol. The molecule has 1 aliphatic rings. The van der Waals surface area contributed by atoms with Gasteiger partial charge in [0.2, 0.25) is 5.91 Å². The summed E-state index contributed by atoms with van der Waals surface area (Å²) in [6.45, 7) is 0. The summed E-state index contributed by atoms with van der Waals surface area (Å²) in [4.78, 5) is 29.4. The Balaban J connectivity index is 1.75. The van der Waals surface area contributed by atoms with E-state index in [1.807, 2.05) is 17.5 Å². The van der Waals surface area contributed by atoms with Gasteiger partial charge < -0.3 is 24.6 Å². The van der Waals surface area contributed by atoms with Crippen LogP contribution in [0.2, 0.25) is 0 Å². The molecule has 3 rings (SSSR count). The van der Waals surface area contributed by atoms with E-state index in [0.29, 0.717) is 18.5 Å². The van der Waals surface area contributed by atoms with E-state index in [1.54, 1.807) is 30.5 Å². The molecule has 1 aliphatic carbocycles. The summed E-state index contributed by atoms with van der Waals surface area (Å²) in [5.74, 6) is -0.347. The molecule has 2 amide bonds. The topological polar surface area (TPSA) is 132 Å². The van der Waals surface area contributed by atoms with Crippen molar-refractivity contribution in [3.05, 3.63) is 70.2 Å². The van der Waals surface area contributed by atoms with E-state index in [1.165, 1.54) is 18.4 Å². The Morgan fingerprint density at radius 3 is 2.61 bits per heavy atom. The van der Waals surface area contributed by atoms with Gasteiger partial charge >= 0.3 is 6.09 Å². The normalized spacial score (nSPS) is 15.6. The minimum absolute atomic E-state index is 0.342. The Bertz CT molecular complexity index is 1020. The van der Waals surface area contributed by atoms with E-state index in [9.17, 15) is 18.4 Å². The minimum atomic E-state index is -2.40. The van der Waals surface area contributed by atoms with Crippen LogP contribution in [0.25, 0.3) is 0 Å². The molecule has 0 bridgehead atoms. The number of allylic oxidation sites excluding steroid dienone is 3. The summed E-state index contributed by atoms with van der Waals surface area (Å²) in [5, 5.41) is 8.18. The largest absolute Gasteiger partial charge is 0.755 e. The van der Waals surface area contributed by atoms with Gasteiger partial charge in [-0.1, -0.05) is 30.4 Å². The third kappa shape index (κ3) is 7.81. The van der Waals surface area contributed by atoms with Gasteiger partial charge in [-0.15, -0.1) is 11.3 Å². The number of thiazole rings is 1. The molecule has 1 unspecified atom stereocenters. The van der Waals surface area contributed by atoms with E-state index < -0.39 is 29.4 Å². The monoisotopic (exact) mass is 489 g/mol. The van der Waals surface area contributed by atoms with Crippen molar-refractivity contribution in [1.82, 2.24) is 15.6 Å². The number of rotatable bonds is 10. The fraction of sp³-hybridized carbons (Fsp3) is 0.318. The van der Waals surface area contributed by atoms with E-state index in [-0.39, 0.29) is 5.91 Å². The molecule has 0 saturated heterocycles. The number of ether oxygens (including phenoxy) is 1. The maximum Gasteiger partial charge on any atom is 0.407 e. The minimum Gasteiger partial charge on any atom is -0.755 e. The zero-order valence-corrected chi connectivity index (χ0v) is 19.6. The van der Waals surface area contributed by atoms with Gasteiger partial charge in [-0.05, 0) is 42.5 Å². The number of nitrogens with zero attached hydrogens (tertiary/aromatic N) is 1. The number of carbonyl (C=O) groups is 2. The predicted octanol–water partition coefficient (Wildman–Crippen LogP) is 3.14. The molecule has 1 aromatic carbocycles. The van der Waals surface area contributed by atoms with Crippen molar-refractivity contribution in [2.45, 2.75) is 37.8 Å². The van der Waals surface area contributed by atoms with Crippen molar-refractivity contribution >= 4 is 40.3 Å². The highest BCUT2D eigenvalue weighted by Crippen LogP contribution is 2.23. The number of aromatic nitrogens is 1. The van der Waals surface area contributed by atoms with Gasteiger partial charge in [0, 0.05) is 35.0 Å². The van der Waals surface area contributed by atoms with Gasteiger partial charge in [0.05, 0.1) is 13.2 Å². The maximum atomic E-state index is 13.2. The lowest BCUT2D eigenvalue weighted by Crippen LogP contribution is -2.48. The summed E-state index contributed by atoms with van der Waals surface area (Å²) >= 11 is -0.985. The van der Waals surface area contributed by atoms with Crippen LogP contribution in [0.3, 0.4) is 0 Å². The summed E-state index contributed by atoms with van der Waals surface area (Å²) in [6.07, 6.45) is 9.68. The van der Waals surface area contributed by atoms with E-state index in [0.717, 1.165) is 29.0 Å². The first-order valence-electron chi connectivity index (χ1n) is 10.3. The van der Waals surface area contributed by atoms with Gasteiger partial charge in [-0.25, -0.2) is 9.78 Å². The fourth-order valence-electron chi connectivity index (χ4n) is 3.38. The lowest BCUT2D eigenvalue weighted by molar-refractivity contribution is -0.123. The molecule has 0 radical (unpaired) electrons. The fourth-order valence-corrected chi connectivity index (χ4v) is 4.40. The highest BCUT2D eigenvalue weighted by Gasteiger charge is 2.26. The van der Waals surface area contributed by atoms with Gasteiger partial charge in [0.1, 0.15) is 11.0 Å². The number of carbonyl (C=O) groups excluding carboxylic acids is 2. The quantitative estimate of drug-likeness (QED) is 0.439. The van der Waals surface area contributed by atoms with Crippen molar-refractivity contribution < 1.29 is 23.1 Å². The molecule has 11 heteroatoms. The number of hydrogen-bond donors (Lipinski definition) is 3. The molecule has 33 heavy (non-hydrogen) atoms. The highest BCUT2D eigenvalue weighted by molar-refractivity contribution is 7.80. The lowest BCUT2D eigenvalue weighted by Gasteiger charge is -2.23. The number of benzene rings is 1. The predicted molar refractivity (Wildman–Crippen MR) is 126 cm³/mol. The smallest absolute Gasteiger partial charge is 0.407 e. The number of hydrogen-bond acceptors (Lipinski definition) is 7. The first-order valence-corrected chi connectivity index (χ1v) is 12.2. The highest BCUT2D eigenvalue weighted by atomic mass is 32.2. The average Bonchev–Trinajstić information content (AvgIpc) is 3.34. The molecule has 0 aliphatic heterocycles. The molecular formula is C22H25N4O5S2-. The second-order valence-electron chi connectivity index (χ2n) is 7.32. The van der Waals surface area contributed by atoms with Crippen LogP contribution in [-0.4, -0.2) is 38.9 Å². The summed E-state index contributed by atoms with van der Waals surface area (Å²) in [5.41, 5.74) is 2.30. The van der Waals surface area contributed by atoms with Gasteiger partial charge in [0.15, 0.2) is 0 Å². The molecular weight excluding hydrogens is 464 g/mol. The Morgan fingerprint density at radius 1 is 1.21 bits per heavy atom.